The summed E-state index contributed by atoms with van der Waals surface area (Å²) in [5, 5.41) is 6.85. The molecule has 0 unspecified atom stereocenters. The van der Waals surface area contributed by atoms with Crippen molar-refractivity contribution in [3.63, 3.8) is 0 Å². The molecule has 0 saturated carbocycles. The summed E-state index contributed by atoms with van der Waals surface area (Å²) in [5.41, 5.74) is 2.91. The largest absolute Gasteiger partial charge is 0.380 e. The zero-order valence-corrected chi connectivity index (χ0v) is 15.4. The quantitative estimate of drug-likeness (QED) is 0.599. The number of nitrogens with one attached hydrogen (secondary N) is 2. The Hall–Kier alpha value is -1.63. The molecule has 2 heterocycles. The Labute approximate surface area is 150 Å². The molecule has 3 rings (SSSR count). The number of ether oxygens (including phenoxy) is 2. The van der Waals surface area contributed by atoms with Crippen molar-refractivity contribution in [2.45, 2.75) is 20.0 Å². The summed E-state index contributed by atoms with van der Waals surface area (Å²) in [6, 6.07) is 8.62. The van der Waals surface area contributed by atoms with E-state index in [-0.39, 0.29) is 5.41 Å². The van der Waals surface area contributed by atoms with Crippen molar-refractivity contribution in [3.05, 3.63) is 35.4 Å². The van der Waals surface area contributed by atoms with Crippen LogP contribution in [0.1, 0.15) is 18.1 Å². The molecule has 0 radical (unpaired) electrons. The topological polar surface area (TPSA) is 58.1 Å². The van der Waals surface area contributed by atoms with Crippen molar-refractivity contribution >= 4 is 5.96 Å². The van der Waals surface area contributed by atoms with Crippen LogP contribution in [0.3, 0.4) is 0 Å². The third kappa shape index (κ3) is 5.17. The zero-order chi connectivity index (χ0) is 17.5. The standard InChI is InChI=1S/C19H30N4O2/c1-19(14-25-15-19)13-22-18(20-2)21-11-16-5-3-4-6-17(16)12-23-7-9-24-10-8-23/h3-6H,7-15H2,1-2H3,(H2,20,21,22). The maximum atomic E-state index is 5.44. The number of hydrogen-bond acceptors (Lipinski definition) is 4. The Morgan fingerprint density at radius 1 is 1.12 bits per heavy atom. The number of guanidine groups is 1. The summed E-state index contributed by atoms with van der Waals surface area (Å²) < 4.78 is 10.7. The van der Waals surface area contributed by atoms with Gasteiger partial charge in [-0.25, -0.2) is 0 Å². The van der Waals surface area contributed by atoms with Crippen molar-refractivity contribution in [3.8, 4) is 0 Å². The lowest BCUT2D eigenvalue weighted by Gasteiger charge is -2.38. The summed E-state index contributed by atoms with van der Waals surface area (Å²) in [6.45, 7) is 10.2. The van der Waals surface area contributed by atoms with E-state index in [0.29, 0.717) is 0 Å². The predicted molar refractivity (Wildman–Crippen MR) is 99.7 cm³/mol. The van der Waals surface area contributed by atoms with Gasteiger partial charge in [0.15, 0.2) is 5.96 Å². The van der Waals surface area contributed by atoms with Gasteiger partial charge in [-0.15, -0.1) is 0 Å². The van der Waals surface area contributed by atoms with E-state index in [1.54, 1.807) is 0 Å². The molecule has 2 aliphatic rings. The molecule has 2 fully saturated rings. The van der Waals surface area contributed by atoms with Crippen LogP contribution < -0.4 is 10.6 Å². The number of aliphatic imine (C=N–C) groups is 1. The lowest BCUT2D eigenvalue weighted by Crippen LogP contribution is -2.50. The van der Waals surface area contributed by atoms with Gasteiger partial charge in [0.2, 0.25) is 0 Å². The monoisotopic (exact) mass is 346 g/mol. The van der Waals surface area contributed by atoms with Crippen LogP contribution in [0.2, 0.25) is 0 Å². The predicted octanol–water partition coefficient (Wildman–Crippen LogP) is 1.22. The fourth-order valence-corrected chi connectivity index (χ4v) is 3.13. The van der Waals surface area contributed by atoms with Crippen molar-refractivity contribution in [2.24, 2.45) is 10.4 Å². The molecule has 2 aliphatic heterocycles. The zero-order valence-electron chi connectivity index (χ0n) is 15.4. The van der Waals surface area contributed by atoms with E-state index in [4.69, 9.17) is 9.47 Å². The van der Waals surface area contributed by atoms with Gasteiger partial charge in [-0.2, -0.15) is 0 Å². The molecule has 6 heteroatoms. The Kier molecular flexibility index (Phi) is 6.29. The van der Waals surface area contributed by atoms with Gasteiger partial charge in [-0.3, -0.25) is 9.89 Å². The second-order valence-corrected chi connectivity index (χ2v) is 7.24. The first kappa shape index (κ1) is 18.2. The smallest absolute Gasteiger partial charge is 0.191 e. The maximum absolute atomic E-state index is 5.44. The van der Waals surface area contributed by atoms with Gasteiger partial charge in [-0.1, -0.05) is 31.2 Å². The Morgan fingerprint density at radius 2 is 1.84 bits per heavy atom. The molecular weight excluding hydrogens is 316 g/mol. The van der Waals surface area contributed by atoms with Crippen LogP contribution in [0, 0.1) is 5.41 Å². The van der Waals surface area contributed by atoms with Crippen LogP contribution in [0.4, 0.5) is 0 Å². The Morgan fingerprint density at radius 3 is 2.48 bits per heavy atom. The van der Waals surface area contributed by atoms with Gasteiger partial charge in [-0.05, 0) is 11.1 Å². The average Bonchev–Trinajstić information content (AvgIpc) is 2.62. The first-order chi connectivity index (χ1) is 12.2. The average molecular weight is 346 g/mol. The normalized spacial score (nSPS) is 20.8. The van der Waals surface area contributed by atoms with Gasteiger partial charge >= 0.3 is 0 Å². The summed E-state index contributed by atoms with van der Waals surface area (Å²) >= 11 is 0. The number of hydrogen-bond donors (Lipinski definition) is 2. The van der Waals surface area contributed by atoms with Crippen molar-refractivity contribution < 1.29 is 9.47 Å². The van der Waals surface area contributed by atoms with E-state index in [9.17, 15) is 0 Å². The third-order valence-electron chi connectivity index (χ3n) is 4.87. The minimum Gasteiger partial charge on any atom is -0.380 e. The highest BCUT2D eigenvalue weighted by atomic mass is 16.5. The van der Waals surface area contributed by atoms with Crippen molar-refractivity contribution in [2.75, 3.05) is 53.1 Å². The minimum absolute atomic E-state index is 0.228. The molecule has 2 saturated heterocycles. The Balaban J connectivity index is 1.52. The third-order valence-corrected chi connectivity index (χ3v) is 4.87. The molecule has 0 atom stereocenters. The summed E-state index contributed by atoms with van der Waals surface area (Å²) in [5.74, 6) is 0.842. The van der Waals surface area contributed by atoms with Gasteiger partial charge in [0.25, 0.3) is 0 Å². The van der Waals surface area contributed by atoms with E-state index >= 15 is 0 Å². The summed E-state index contributed by atoms with van der Waals surface area (Å²) in [6.07, 6.45) is 0. The fourth-order valence-electron chi connectivity index (χ4n) is 3.13. The summed E-state index contributed by atoms with van der Waals surface area (Å²) in [4.78, 5) is 6.79. The van der Waals surface area contributed by atoms with Crippen molar-refractivity contribution in [1.29, 1.82) is 0 Å². The number of rotatable bonds is 6. The molecule has 1 aromatic carbocycles. The van der Waals surface area contributed by atoms with Crippen LogP contribution in [-0.4, -0.2) is 64.0 Å². The molecule has 0 aliphatic carbocycles. The first-order valence-electron chi connectivity index (χ1n) is 9.08. The van der Waals surface area contributed by atoms with E-state index in [1.165, 1.54) is 11.1 Å². The van der Waals surface area contributed by atoms with E-state index in [0.717, 1.165) is 65.1 Å². The van der Waals surface area contributed by atoms with Gasteiger partial charge in [0, 0.05) is 45.2 Å². The highest BCUT2D eigenvalue weighted by molar-refractivity contribution is 5.79. The summed E-state index contributed by atoms with van der Waals surface area (Å²) in [7, 11) is 1.81. The maximum Gasteiger partial charge on any atom is 0.191 e. The molecule has 1 aromatic rings. The molecule has 0 aromatic heterocycles. The van der Waals surface area contributed by atoms with Gasteiger partial charge in [0.1, 0.15) is 0 Å². The lowest BCUT2D eigenvalue weighted by atomic mass is 9.89. The molecule has 0 spiro atoms. The second kappa shape index (κ2) is 8.65. The van der Waals surface area contributed by atoms with Gasteiger partial charge in [0.05, 0.1) is 26.4 Å². The highest BCUT2D eigenvalue weighted by Crippen LogP contribution is 2.24. The second-order valence-electron chi connectivity index (χ2n) is 7.24. The molecule has 6 nitrogen and oxygen atoms in total. The minimum atomic E-state index is 0.228. The van der Waals surface area contributed by atoms with Crippen LogP contribution >= 0.6 is 0 Å². The van der Waals surface area contributed by atoms with Crippen LogP contribution in [0.5, 0.6) is 0 Å². The SMILES string of the molecule is CN=C(NCc1ccccc1CN1CCOCC1)NCC1(C)COC1. The van der Waals surface area contributed by atoms with E-state index in [1.807, 2.05) is 7.05 Å². The van der Waals surface area contributed by atoms with Crippen LogP contribution in [0.25, 0.3) is 0 Å². The van der Waals surface area contributed by atoms with Crippen LogP contribution in [-0.2, 0) is 22.6 Å². The van der Waals surface area contributed by atoms with Crippen molar-refractivity contribution in [1.82, 2.24) is 15.5 Å². The van der Waals surface area contributed by atoms with E-state index < -0.39 is 0 Å². The number of benzene rings is 1. The molecule has 138 valence electrons. The van der Waals surface area contributed by atoms with E-state index in [2.05, 4.69) is 51.7 Å². The first-order valence-corrected chi connectivity index (χ1v) is 9.08. The fraction of sp³-hybridized carbons (Fsp3) is 0.632. The molecule has 0 bridgehead atoms. The lowest BCUT2D eigenvalue weighted by molar-refractivity contribution is -0.0971. The van der Waals surface area contributed by atoms with Crippen LogP contribution in [0.15, 0.2) is 29.3 Å². The molecular formula is C19H30N4O2. The molecule has 0 amide bonds. The molecule has 25 heavy (non-hydrogen) atoms. The molecule has 2 N–H and O–H groups in total. The number of morpholine rings is 1. The Bertz CT molecular complexity index is 581. The number of nitrogens with zero attached hydrogens (tertiary/aromatic N) is 2. The highest BCUT2D eigenvalue weighted by Gasteiger charge is 2.33. The van der Waals surface area contributed by atoms with Gasteiger partial charge < -0.3 is 20.1 Å².